The smallest absolute Gasteiger partial charge is 0.389 e. The maximum absolute atomic E-state index is 13.8. The highest BCUT2D eigenvalue weighted by Crippen LogP contribution is 2.52. The lowest BCUT2D eigenvalue weighted by Crippen LogP contribution is -2.62. The number of aromatic nitrogens is 1. The van der Waals surface area contributed by atoms with Crippen LogP contribution in [-0.4, -0.2) is 94.0 Å². The van der Waals surface area contributed by atoms with Gasteiger partial charge in [0.25, 0.3) is 11.5 Å². The monoisotopic (exact) mass is 604 g/mol. The Balaban J connectivity index is 1.47. The zero-order valence-corrected chi connectivity index (χ0v) is 24.1. The fourth-order valence-corrected chi connectivity index (χ4v) is 7.10. The number of aliphatic hydroxyl groups is 2. The van der Waals surface area contributed by atoms with Crippen LogP contribution in [0, 0.1) is 11.3 Å². The highest BCUT2D eigenvalue weighted by Gasteiger charge is 2.56. The molecule has 1 aromatic heterocycles. The molecule has 2 atom stereocenters. The predicted molar refractivity (Wildman–Crippen MR) is 153 cm³/mol. The van der Waals surface area contributed by atoms with Crippen molar-refractivity contribution in [2.24, 2.45) is 11.3 Å². The highest BCUT2D eigenvalue weighted by molar-refractivity contribution is 6.00. The molecule has 43 heavy (non-hydrogen) atoms. The van der Waals surface area contributed by atoms with E-state index in [-0.39, 0.29) is 37.5 Å². The summed E-state index contributed by atoms with van der Waals surface area (Å²) < 4.78 is 40.6. The number of carbonyl (C=O) groups excluding carboxylic acids is 2. The van der Waals surface area contributed by atoms with E-state index in [9.17, 15) is 37.8 Å². The highest BCUT2D eigenvalue weighted by atomic mass is 19.4. The van der Waals surface area contributed by atoms with Crippen LogP contribution in [0.3, 0.4) is 0 Å². The van der Waals surface area contributed by atoms with Gasteiger partial charge in [0.2, 0.25) is 5.91 Å². The van der Waals surface area contributed by atoms with E-state index in [1.54, 1.807) is 4.90 Å². The Labute approximate surface area is 248 Å². The summed E-state index contributed by atoms with van der Waals surface area (Å²) in [6.45, 7) is 1.36. The number of rotatable bonds is 7. The number of hydrogen-bond donors (Lipinski definition) is 3. The number of nitrogens with zero attached hydrogens (tertiary/aromatic N) is 3. The average Bonchev–Trinajstić information content (AvgIpc) is 3.48. The van der Waals surface area contributed by atoms with Crippen molar-refractivity contribution >= 4 is 11.8 Å². The molecule has 12 heteroatoms. The van der Waals surface area contributed by atoms with Gasteiger partial charge in [-0.25, -0.2) is 0 Å². The van der Waals surface area contributed by atoms with E-state index in [2.05, 4.69) is 5.32 Å². The topological polar surface area (TPSA) is 115 Å². The Bertz CT molecular complexity index is 1370. The van der Waals surface area contributed by atoms with Gasteiger partial charge in [-0.1, -0.05) is 43.2 Å². The second kappa shape index (κ2) is 12.4. The van der Waals surface area contributed by atoms with Crippen molar-refractivity contribution < 1.29 is 33.0 Å². The SMILES string of the molecule is O=C(c1cn(C[C@@]2(O)CCN(C(=O)[C@H](CO)CC(F)(F)F)CC23CCCC3)c(=O)cc1-c1ccccc1)N1CCNCC1. The number of pyridine rings is 1. The molecule has 3 N–H and O–H groups in total. The van der Waals surface area contributed by atoms with E-state index >= 15 is 0 Å². The number of nitrogens with one attached hydrogen (secondary N) is 1. The van der Waals surface area contributed by atoms with Crippen molar-refractivity contribution in [3.63, 3.8) is 0 Å². The molecule has 234 valence electrons. The Hall–Kier alpha value is -3.22. The summed E-state index contributed by atoms with van der Waals surface area (Å²) in [6.07, 6.45) is -1.81. The lowest BCUT2D eigenvalue weighted by Gasteiger charge is -2.52. The number of halogens is 3. The van der Waals surface area contributed by atoms with Crippen LogP contribution in [0.25, 0.3) is 11.1 Å². The summed E-state index contributed by atoms with van der Waals surface area (Å²) in [5, 5.41) is 25.0. The first-order chi connectivity index (χ1) is 20.5. The number of carbonyl (C=O) groups is 2. The van der Waals surface area contributed by atoms with Crippen molar-refractivity contribution in [3.8, 4) is 11.1 Å². The van der Waals surface area contributed by atoms with E-state index < -0.39 is 42.0 Å². The standard InChI is InChI=1S/C31H39F3N4O5/c32-31(33,34)17-23(19-39)27(41)37-13-10-30(43,29(20-37)8-4-5-9-29)21-38-18-25(28(42)36-14-11-35-12-15-36)24(16-26(38)40)22-6-2-1-3-7-22/h1-3,6-7,16,18,23,35,39,43H,4-5,8-15,17,19-21H2/t23-,30-/m0/s1. The minimum atomic E-state index is -4.60. The molecule has 3 fully saturated rings. The lowest BCUT2D eigenvalue weighted by atomic mass is 9.65. The predicted octanol–water partition coefficient (Wildman–Crippen LogP) is 2.65. The Morgan fingerprint density at radius 2 is 1.67 bits per heavy atom. The van der Waals surface area contributed by atoms with Crippen molar-refractivity contribution in [2.45, 2.75) is 56.8 Å². The van der Waals surface area contributed by atoms with Crippen LogP contribution in [0.4, 0.5) is 13.2 Å². The molecule has 3 aliphatic rings. The van der Waals surface area contributed by atoms with Gasteiger partial charge in [0.05, 0.1) is 36.7 Å². The van der Waals surface area contributed by atoms with Crippen LogP contribution in [0.15, 0.2) is 47.4 Å². The molecule has 9 nitrogen and oxygen atoms in total. The zero-order chi connectivity index (χ0) is 30.8. The molecule has 1 aliphatic carbocycles. The first kappa shape index (κ1) is 31.2. The van der Waals surface area contributed by atoms with Gasteiger partial charge >= 0.3 is 6.18 Å². The molecule has 0 bridgehead atoms. The molecule has 3 heterocycles. The minimum absolute atomic E-state index is 0.00510. The maximum atomic E-state index is 13.8. The van der Waals surface area contributed by atoms with Crippen LogP contribution in [0.5, 0.6) is 0 Å². The van der Waals surface area contributed by atoms with Crippen molar-refractivity contribution in [3.05, 3.63) is 58.5 Å². The Morgan fingerprint density at radius 1 is 1.00 bits per heavy atom. The molecule has 2 amide bonds. The van der Waals surface area contributed by atoms with Crippen LogP contribution < -0.4 is 10.9 Å². The van der Waals surface area contributed by atoms with Crippen molar-refractivity contribution in [1.29, 1.82) is 0 Å². The van der Waals surface area contributed by atoms with Crippen LogP contribution in [0.2, 0.25) is 0 Å². The molecule has 0 unspecified atom stereocenters. The van der Waals surface area contributed by atoms with Gasteiger partial charge in [-0.05, 0) is 24.8 Å². The summed E-state index contributed by atoms with van der Waals surface area (Å²) in [5.41, 5.74) is -1.08. The third-order valence-electron chi connectivity index (χ3n) is 9.47. The maximum Gasteiger partial charge on any atom is 0.389 e. The quantitative estimate of drug-likeness (QED) is 0.448. The Kier molecular flexibility index (Phi) is 9.01. The second-order valence-corrected chi connectivity index (χ2v) is 12.2. The number of alkyl halides is 3. The van der Waals surface area contributed by atoms with E-state index in [1.165, 1.54) is 21.7 Å². The molecule has 2 aliphatic heterocycles. The lowest BCUT2D eigenvalue weighted by molar-refractivity contribution is -0.175. The number of piperidine rings is 1. The number of benzene rings is 1. The molecular formula is C31H39F3N4O5. The van der Waals surface area contributed by atoms with Gasteiger partial charge in [-0.2, -0.15) is 13.2 Å². The van der Waals surface area contributed by atoms with Crippen molar-refractivity contribution in [1.82, 2.24) is 19.7 Å². The molecule has 0 radical (unpaired) electrons. The number of piperazine rings is 1. The number of amides is 2. The average molecular weight is 605 g/mol. The summed E-state index contributed by atoms with van der Waals surface area (Å²) >= 11 is 0. The number of likely N-dealkylation sites (tertiary alicyclic amines) is 1. The van der Waals surface area contributed by atoms with Gasteiger partial charge in [0, 0.05) is 62.5 Å². The van der Waals surface area contributed by atoms with E-state index in [0.29, 0.717) is 50.1 Å². The number of hydrogen-bond acceptors (Lipinski definition) is 6. The van der Waals surface area contributed by atoms with Crippen LogP contribution in [-0.2, 0) is 11.3 Å². The van der Waals surface area contributed by atoms with Gasteiger partial charge in [-0.15, -0.1) is 0 Å². The van der Waals surface area contributed by atoms with E-state index in [0.717, 1.165) is 18.4 Å². The number of aliphatic hydroxyl groups excluding tert-OH is 1. The fraction of sp³-hybridized carbons (Fsp3) is 0.581. The minimum Gasteiger partial charge on any atom is -0.396 e. The van der Waals surface area contributed by atoms with Gasteiger partial charge in [0.1, 0.15) is 0 Å². The second-order valence-electron chi connectivity index (χ2n) is 12.2. The van der Waals surface area contributed by atoms with E-state index in [4.69, 9.17) is 0 Å². The first-order valence-electron chi connectivity index (χ1n) is 14.9. The summed E-state index contributed by atoms with van der Waals surface area (Å²) in [4.78, 5) is 43.5. The largest absolute Gasteiger partial charge is 0.396 e. The Morgan fingerprint density at radius 3 is 2.30 bits per heavy atom. The molecule has 5 rings (SSSR count). The third kappa shape index (κ3) is 6.51. The van der Waals surface area contributed by atoms with Gasteiger partial charge < -0.3 is 29.9 Å². The first-order valence-corrected chi connectivity index (χ1v) is 14.9. The molecule has 1 aromatic carbocycles. The summed E-state index contributed by atoms with van der Waals surface area (Å²) in [6, 6.07) is 10.6. The summed E-state index contributed by atoms with van der Waals surface area (Å²) in [5.74, 6) is -2.59. The van der Waals surface area contributed by atoms with Gasteiger partial charge in [-0.3, -0.25) is 14.4 Å². The molecular weight excluding hydrogens is 565 g/mol. The fourth-order valence-electron chi connectivity index (χ4n) is 7.10. The zero-order valence-electron chi connectivity index (χ0n) is 24.1. The van der Waals surface area contributed by atoms with Crippen LogP contribution in [0.1, 0.15) is 48.9 Å². The molecule has 2 saturated heterocycles. The molecule has 1 saturated carbocycles. The summed E-state index contributed by atoms with van der Waals surface area (Å²) in [7, 11) is 0. The van der Waals surface area contributed by atoms with Crippen LogP contribution >= 0.6 is 0 Å². The van der Waals surface area contributed by atoms with Gasteiger partial charge in [0.15, 0.2) is 0 Å². The third-order valence-corrected chi connectivity index (χ3v) is 9.47. The molecule has 2 aromatic rings. The van der Waals surface area contributed by atoms with Crippen molar-refractivity contribution in [2.75, 3.05) is 45.9 Å². The normalized spacial score (nSPS) is 23.0. The van der Waals surface area contributed by atoms with E-state index in [1.807, 2.05) is 30.3 Å². The molecule has 1 spiro atoms.